The van der Waals surface area contributed by atoms with Crippen LogP contribution < -0.4 is 0 Å². The minimum atomic E-state index is -0.726. The number of halogens is 2. The van der Waals surface area contributed by atoms with E-state index in [0.29, 0.717) is 0 Å². The molecule has 0 aliphatic heterocycles. The fourth-order valence-corrected chi connectivity index (χ4v) is 1.37. The highest BCUT2D eigenvalue weighted by Crippen LogP contribution is 2.33. The standard InChI is InChI=1S/C10H6F2O2/c11-5-3-6-8(13)2-1-7(12)10(6)9(14)4-5/h1-4,13-14H. The number of rotatable bonds is 0. The molecular weight excluding hydrogens is 190 g/mol. The number of fused-ring (bicyclic) bond motifs is 1. The van der Waals surface area contributed by atoms with Crippen molar-refractivity contribution in [1.29, 1.82) is 0 Å². The monoisotopic (exact) mass is 196 g/mol. The third kappa shape index (κ3) is 1.16. The first kappa shape index (κ1) is 8.74. The highest BCUT2D eigenvalue weighted by atomic mass is 19.1. The SMILES string of the molecule is Oc1ccc(F)c2c(O)cc(F)cc12. The van der Waals surface area contributed by atoms with E-state index < -0.39 is 17.4 Å². The van der Waals surface area contributed by atoms with Gasteiger partial charge in [-0.15, -0.1) is 0 Å². The number of benzene rings is 2. The van der Waals surface area contributed by atoms with E-state index in [2.05, 4.69) is 0 Å². The van der Waals surface area contributed by atoms with Gasteiger partial charge in [0.2, 0.25) is 0 Å². The van der Waals surface area contributed by atoms with Crippen LogP contribution >= 0.6 is 0 Å². The normalized spacial score (nSPS) is 10.7. The van der Waals surface area contributed by atoms with E-state index >= 15 is 0 Å². The lowest BCUT2D eigenvalue weighted by Gasteiger charge is -2.04. The van der Waals surface area contributed by atoms with E-state index in [1.165, 1.54) is 0 Å². The van der Waals surface area contributed by atoms with Gasteiger partial charge in [-0.25, -0.2) is 8.78 Å². The molecule has 0 saturated heterocycles. The maximum absolute atomic E-state index is 13.2. The minimum absolute atomic E-state index is 0.0394. The molecule has 2 N–H and O–H groups in total. The van der Waals surface area contributed by atoms with Gasteiger partial charge in [0.05, 0.1) is 5.39 Å². The summed E-state index contributed by atoms with van der Waals surface area (Å²) in [4.78, 5) is 0. The predicted octanol–water partition coefficient (Wildman–Crippen LogP) is 2.53. The summed E-state index contributed by atoms with van der Waals surface area (Å²) in [5, 5.41) is 18.4. The van der Waals surface area contributed by atoms with Crippen LogP contribution in [-0.4, -0.2) is 10.2 Å². The molecule has 0 spiro atoms. The topological polar surface area (TPSA) is 40.5 Å². The number of phenolic OH excluding ortho intramolecular Hbond substituents is 2. The van der Waals surface area contributed by atoms with Crippen LogP contribution in [0.4, 0.5) is 8.78 Å². The van der Waals surface area contributed by atoms with Gasteiger partial charge >= 0.3 is 0 Å². The highest BCUT2D eigenvalue weighted by molar-refractivity contribution is 5.93. The van der Waals surface area contributed by atoms with E-state index in [1.54, 1.807) is 0 Å². The molecule has 14 heavy (non-hydrogen) atoms. The molecule has 2 aromatic carbocycles. The van der Waals surface area contributed by atoms with E-state index in [-0.39, 0.29) is 16.5 Å². The molecule has 0 bridgehead atoms. The van der Waals surface area contributed by atoms with Gasteiger partial charge in [0.25, 0.3) is 0 Å². The zero-order valence-electron chi connectivity index (χ0n) is 6.96. The van der Waals surface area contributed by atoms with Gasteiger partial charge in [0.15, 0.2) is 0 Å². The zero-order valence-corrected chi connectivity index (χ0v) is 6.96. The number of phenols is 2. The maximum atomic E-state index is 13.2. The van der Waals surface area contributed by atoms with Crippen LogP contribution in [0.15, 0.2) is 24.3 Å². The number of aromatic hydroxyl groups is 2. The third-order valence-electron chi connectivity index (χ3n) is 1.98. The van der Waals surface area contributed by atoms with Gasteiger partial charge in [-0.3, -0.25) is 0 Å². The van der Waals surface area contributed by atoms with Gasteiger partial charge in [-0.2, -0.15) is 0 Å². The molecule has 0 amide bonds. The Hall–Kier alpha value is -1.84. The van der Waals surface area contributed by atoms with E-state index in [1.807, 2.05) is 0 Å². The van der Waals surface area contributed by atoms with Crippen molar-refractivity contribution in [2.45, 2.75) is 0 Å². The van der Waals surface area contributed by atoms with Gasteiger partial charge < -0.3 is 10.2 Å². The molecule has 0 aliphatic rings. The second kappa shape index (κ2) is 2.83. The van der Waals surface area contributed by atoms with Crippen LogP contribution in [0.1, 0.15) is 0 Å². The lowest BCUT2D eigenvalue weighted by molar-refractivity contribution is 0.466. The molecule has 0 radical (unpaired) electrons. The largest absolute Gasteiger partial charge is 0.507 e. The molecule has 0 heterocycles. The molecule has 0 aromatic heterocycles. The van der Waals surface area contributed by atoms with Crippen molar-refractivity contribution in [2.75, 3.05) is 0 Å². The lowest BCUT2D eigenvalue weighted by atomic mass is 10.1. The Balaban J connectivity index is 3.00. The first-order valence-electron chi connectivity index (χ1n) is 3.89. The summed E-state index contributed by atoms with van der Waals surface area (Å²) in [6.07, 6.45) is 0. The Morgan fingerprint density at radius 1 is 0.929 bits per heavy atom. The second-order valence-corrected chi connectivity index (χ2v) is 2.91. The van der Waals surface area contributed by atoms with Crippen molar-refractivity contribution in [3.05, 3.63) is 35.9 Å². The smallest absolute Gasteiger partial charge is 0.135 e. The van der Waals surface area contributed by atoms with Crippen molar-refractivity contribution in [3.63, 3.8) is 0 Å². The van der Waals surface area contributed by atoms with Crippen LogP contribution in [-0.2, 0) is 0 Å². The molecule has 2 nitrogen and oxygen atoms in total. The average molecular weight is 196 g/mol. The van der Waals surface area contributed by atoms with Crippen LogP contribution in [0.2, 0.25) is 0 Å². The molecular formula is C10H6F2O2. The summed E-state index contributed by atoms with van der Waals surface area (Å²) in [6.45, 7) is 0. The van der Waals surface area contributed by atoms with E-state index in [9.17, 15) is 19.0 Å². The molecule has 0 aliphatic carbocycles. The van der Waals surface area contributed by atoms with Crippen LogP contribution in [0.25, 0.3) is 10.8 Å². The molecule has 0 atom stereocenters. The minimum Gasteiger partial charge on any atom is -0.507 e. The van der Waals surface area contributed by atoms with Crippen molar-refractivity contribution < 1.29 is 19.0 Å². The summed E-state index contributed by atoms with van der Waals surface area (Å²) in [7, 11) is 0. The first-order chi connectivity index (χ1) is 6.59. The van der Waals surface area contributed by atoms with Gasteiger partial charge in [-0.05, 0) is 18.2 Å². The Morgan fingerprint density at radius 3 is 2.36 bits per heavy atom. The second-order valence-electron chi connectivity index (χ2n) is 2.91. The van der Waals surface area contributed by atoms with Crippen molar-refractivity contribution in [2.24, 2.45) is 0 Å². The lowest BCUT2D eigenvalue weighted by Crippen LogP contribution is -1.83. The molecule has 2 aromatic rings. The number of hydrogen-bond donors (Lipinski definition) is 2. The average Bonchev–Trinajstić information content (AvgIpc) is 2.10. The van der Waals surface area contributed by atoms with Gasteiger partial charge in [-0.1, -0.05) is 0 Å². The fraction of sp³-hybridized carbons (Fsp3) is 0. The highest BCUT2D eigenvalue weighted by Gasteiger charge is 2.11. The number of hydrogen-bond acceptors (Lipinski definition) is 2. The molecule has 0 saturated carbocycles. The molecule has 0 fully saturated rings. The summed E-state index contributed by atoms with van der Waals surface area (Å²) in [6, 6.07) is 3.88. The molecule has 2 rings (SSSR count). The summed E-state index contributed by atoms with van der Waals surface area (Å²) >= 11 is 0. The predicted molar refractivity (Wildman–Crippen MR) is 47.2 cm³/mol. The summed E-state index contributed by atoms with van der Waals surface area (Å²) in [5.41, 5.74) is 0. The van der Waals surface area contributed by atoms with E-state index in [4.69, 9.17) is 0 Å². The van der Waals surface area contributed by atoms with Gasteiger partial charge in [0.1, 0.15) is 23.1 Å². The van der Waals surface area contributed by atoms with Crippen LogP contribution in [0, 0.1) is 11.6 Å². The zero-order chi connectivity index (χ0) is 10.3. The molecule has 72 valence electrons. The van der Waals surface area contributed by atoms with Crippen LogP contribution in [0.5, 0.6) is 11.5 Å². The quantitative estimate of drug-likeness (QED) is 0.679. The van der Waals surface area contributed by atoms with Gasteiger partial charge in [0, 0.05) is 11.5 Å². The Labute approximate surface area is 78.0 Å². The summed E-state index contributed by atoms with van der Waals surface area (Å²) in [5.74, 6) is -2.21. The van der Waals surface area contributed by atoms with Crippen molar-refractivity contribution in [3.8, 4) is 11.5 Å². The Morgan fingerprint density at radius 2 is 1.64 bits per heavy atom. The maximum Gasteiger partial charge on any atom is 0.135 e. The molecule has 4 heteroatoms. The van der Waals surface area contributed by atoms with E-state index in [0.717, 1.165) is 24.3 Å². The Bertz CT molecular complexity index is 509. The Kier molecular flexibility index (Phi) is 1.77. The fourth-order valence-electron chi connectivity index (χ4n) is 1.37. The first-order valence-corrected chi connectivity index (χ1v) is 3.89. The van der Waals surface area contributed by atoms with Crippen molar-refractivity contribution in [1.82, 2.24) is 0 Å². The third-order valence-corrected chi connectivity index (χ3v) is 1.98. The van der Waals surface area contributed by atoms with Crippen LogP contribution in [0.3, 0.4) is 0 Å². The molecule has 0 unspecified atom stereocenters. The summed E-state index contributed by atoms with van der Waals surface area (Å²) < 4.78 is 26.0. The van der Waals surface area contributed by atoms with Crippen molar-refractivity contribution >= 4 is 10.8 Å².